The van der Waals surface area contributed by atoms with Crippen LogP contribution in [0.2, 0.25) is 0 Å². The molecule has 0 aliphatic heterocycles. The van der Waals surface area contributed by atoms with Gasteiger partial charge in [-0.05, 0) is 5.92 Å². The zero-order valence-corrected chi connectivity index (χ0v) is 5.95. The topological polar surface area (TPSA) is 57.5 Å². The van der Waals surface area contributed by atoms with Crippen molar-refractivity contribution in [2.75, 3.05) is 6.61 Å². The second-order valence-electron chi connectivity index (χ2n) is 2.19. The Morgan fingerprint density at radius 3 is 2.70 bits per heavy atom. The first-order chi connectivity index (χ1) is 4.66. The van der Waals surface area contributed by atoms with Crippen molar-refractivity contribution in [1.29, 1.82) is 0 Å². The lowest BCUT2D eigenvalue weighted by molar-refractivity contribution is -0.137. The van der Waals surface area contributed by atoms with Gasteiger partial charge in [0.1, 0.15) is 0 Å². The number of carboxylic acids is 1. The molecule has 0 amide bonds. The normalized spacial score (nSPS) is 13.8. The van der Waals surface area contributed by atoms with Crippen LogP contribution < -0.4 is 0 Å². The lowest BCUT2D eigenvalue weighted by Crippen LogP contribution is -2.01. The number of aliphatic hydroxyl groups excluding tert-OH is 1. The monoisotopic (exact) mass is 144 g/mol. The molecule has 0 aromatic rings. The van der Waals surface area contributed by atoms with Crippen LogP contribution in [-0.2, 0) is 4.79 Å². The summed E-state index contributed by atoms with van der Waals surface area (Å²) in [5, 5.41) is 16.6. The summed E-state index contributed by atoms with van der Waals surface area (Å²) < 4.78 is 0. The molecule has 0 spiro atoms. The Bertz CT molecular complexity index is 129. The van der Waals surface area contributed by atoms with E-state index in [0.29, 0.717) is 0 Å². The molecule has 0 aromatic heterocycles. The van der Waals surface area contributed by atoms with Gasteiger partial charge in [0, 0.05) is 0 Å². The molecule has 0 aliphatic carbocycles. The van der Waals surface area contributed by atoms with Gasteiger partial charge in [0.15, 0.2) is 0 Å². The molecule has 0 bridgehead atoms. The third kappa shape index (κ3) is 5.31. The van der Waals surface area contributed by atoms with Gasteiger partial charge in [-0.3, -0.25) is 4.79 Å². The summed E-state index contributed by atoms with van der Waals surface area (Å²) in [6.45, 7) is 1.77. The summed E-state index contributed by atoms with van der Waals surface area (Å²) >= 11 is 0. The standard InChI is InChI=1S/C7H12O3/c1-6(3-2-4-8)5-7(9)10/h2-3,6,8H,4-5H2,1H3,(H,9,10)/b3-2-. The van der Waals surface area contributed by atoms with E-state index in [0.717, 1.165) is 0 Å². The summed E-state index contributed by atoms with van der Waals surface area (Å²) in [6.07, 6.45) is 3.36. The largest absolute Gasteiger partial charge is 0.481 e. The van der Waals surface area contributed by atoms with Crippen molar-refractivity contribution in [3.8, 4) is 0 Å². The summed E-state index contributed by atoms with van der Waals surface area (Å²) in [5.41, 5.74) is 0. The number of carbonyl (C=O) groups is 1. The summed E-state index contributed by atoms with van der Waals surface area (Å²) in [6, 6.07) is 0. The Hall–Kier alpha value is -0.830. The van der Waals surface area contributed by atoms with Gasteiger partial charge in [0.2, 0.25) is 0 Å². The first-order valence-corrected chi connectivity index (χ1v) is 3.16. The number of carboxylic acid groups (broad SMARTS) is 1. The van der Waals surface area contributed by atoms with E-state index in [1.807, 2.05) is 0 Å². The zero-order chi connectivity index (χ0) is 7.98. The van der Waals surface area contributed by atoms with E-state index in [4.69, 9.17) is 10.2 Å². The van der Waals surface area contributed by atoms with Crippen LogP contribution in [0.1, 0.15) is 13.3 Å². The van der Waals surface area contributed by atoms with Crippen LogP contribution in [0.15, 0.2) is 12.2 Å². The predicted molar refractivity (Wildman–Crippen MR) is 37.6 cm³/mol. The van der Waals surface area contributed by atoms with Crippen LogP contribution in [0.25, 0.3) is 0 Å². The van der Waals surface area contributed by atoms with E-state index in [-0.39, 0.29) is 18.9 Å². The van der Waals surface area contributed by atoms with E-state index in [1.165, 1.54) is 0 Å². The summed E-state index contributed by atoms with van der Waals surface area (Å²) in [4.78, 5) is 10.1. The molecule has 0 aromatic carbocycles. The van der Waals surface area contributed by atoms with Crippen LogP contribution in [0, 0.1) is 5.92 Å². The Labute approximate surface area is 60.0 Å². The molecule has 58 valence electrons. The van der Waals surface area contributed by atoms with E-state index in [9.17, 15) is 4.79 Å². The molecule has 0 radical (unpaired) electrons. The number of aliphatic carboxylic acids is 1. The SMILES string of the molecule is CC(/C=C\CO)CC(=O)O. The van der Waals surface area contributed by atoms with Gasteiger partial charge in [-0.1, -0.05) is 19.1 Å². The highest BCUT2D eigenvalue weighted by atomic mass is 16.4. The Morgan fingerprint density at radius 2 is 2.30 bits per heavy atom. The lowest BCUT2D eigenvalue weighted by Gasteiger charge is -1.98. The summed E-state index contributed by atoms with van der Waals surface area (Å²) in [5.74, 6) is -0.806. The molecule has 10 heavy (non-hydrogen) atoms. The van der Waals surface area contributed by atoms with Gasteiger partial charge in [0.25, 0.3) is 0 Å². The van der Waals surface area contributed by atoms with Gasteiger partial charge < -0.3 is 10.2 Å². The summed E-state index contributed by atoms with van der Waals surface area (Å²) in [7, 11) is 0. The van der Waals surface area contributed by atoms with Crippen molar-refractivity contribution in [1.82, 2.24) is 0 Å². The highest BCUT2D eigenvalue weighted by Crippen LogP contribution is 2.02. The van der Waals surface area contributed by atoms with Gasteiger partial charge in [0.05, 0.1) is 13.0 Å². The van der Waals surface area contributed by atoms with E-state index < -0.39 is 5.97 Å². The second kappa shape index (κ2) is 4.99. The maximum atomic E-state index is 10.1. The maximum Gasteiger partial charge on any atom is 0.303 e. The van der Waals surface area contributed by atoms with Gasteiger partial charge in [-0.25, -0.2) is 0 Å². The molecule has 1 unspecified atom stereocenters. The van der Waals surface area contributed by atoms with E-state index >= 15 is 0 Å². The first kappa shape index (κ1) is 9.17. The minimum Gasteiger partial charge on any atom is -0.481 e. The van der Waals surface area contributed by atoms with Crippen molar-refractivity contribution in [2.45, 2.75) is 13.3 Å². The minimum atomic E-state index is -0.810. The van der Waals surface area contributed by atoms with Crippen molar-refractivity contribution < 1.29 is 15.0 Å². The number of aliphatic hydroxyl groups is 1. The van der Waals surface area contributed by atoms with E-state index in [2.05, 4.69) is 0 Å². The fraction of sp³-hybridized carbons (Fsp3) is 0.571. The number of allylic oxidation sites excluding steroid dienone is 1. The molecule has 3 heteroatoms. The fourth-order valence-electron chi connectivity index (χ4n) is 0.637. The molecule has 0 saturated heterocycles. The fourth-order valence-corrected chi connectivity index (χ4v) is 0.637. The molecule has 0 aliphatic rings. The molecular formula is C7H12O3. The second-order valence-corrected chi connectivity index (χ2v) is 2.19. The van der Waals surface area contributed by atoms with Crippen molar-refractivity contribution in [3.63, 3.8) is 0 Å². The Morgan fingerprint density at radius 1 is 1.70 bits per heavy atom. The van der Waals surface area contributed by atoms with Crippen LogP contribution in [-0.4, -0.2) is 22.8 Å². The first-order valence-electron chi connectivity index (χ1n) is 3.16. The van der Waals surface area contributed by atoms with Crippen LogP contribution >= 0.6 is 0 Å². The Kier molecular flexibility index (Phi) is 4.58. The highest BCUT2D eigenvalue weighted by molar-refractivity contribution is 5.67. The predicted octanol–water partition coefficient (Wildman–Crippen LogP) is 0.646. The van der Waals surface area contributed by atoms with Gasteiger partial charge in [-0.2, -0.15) is 0 Å². The molecule has 0 saturated carbocycles. The average molecular weight is 144 g/mol. The van der Waals surface area contributed by atoms with Crippen molar-refractivity contribution in [3.05, 3.63) is 12.2 Å². The number of hydrogen-bond acceptors (Lipinski definition) is 2. The van der Waals surface area contributed by atoms with Gasteiger partial charge in [-0.15, -0.1) is 0 Å². The van der Waals surface area contributed by atoms with Crippen molar-refractivity contribution >= 4 is 5.97 Å². The van der Waals surface area contributed by atoms with E-state index in [1.54, 1.807) is 19.1 Å². The van der Waals surface area contributed by atoms with Crippen LogP contribution in [0.5, 0.6) is 0 Å². The zero-order valence-electron chi connectivity index (χ0n) is 5.95. The molecule has 0 heterocycles. The maximum absolute atomic E-state index is 10.1. The lowest BCUT2D eigenvalue weighted by atomic mass is 10.1. The minimum absolute atomic E-state index is 0.00431. The molecule has 0 fully saturated rings. The molecular weight excluding hydrogens is 132 g/mol. The quantitative estimate of drug-likeness (QED) is 0.569. The van der Waals surface area contributed by atoms with Crippen LogP contribution in [0.3, 0.4) is 0 Å². The number of hydrogen-bond donors (Lipinski definition) is 2. The van der Waals surface area contributed by atoms with Gasteiger partial charge >= 0.3 is 5.97 Å². The molecule has 0 rings (SSSR count). The third-order valence-electron chi connectivity index (χ3n) is 1.07. The third-order valence-corrected chi connectivity index (χ3v) is 1.07. The van der Waals surface area contributed by atoms with Crippen molar-refractivity contribution in [2.24, 2.45) is 5.92 Å². The molecule has 3 nitrogen and oxygen atoms in total. The molecule has 2 N–H and O–H groups in total. The Balaban J connectivity index is 3.52. The van der Waals surface area contributed by atoms with Crippen LogP contribution in [0.4, 0.5) is 0 Å². The number of rotatable bonds is 4. The molecule has 1 atom stereocenters. The highest BCUT2D eigenvalue weighted by Gasteiger charge is 2.01. The average Bonchev–Trinajstić information content (AvgIpc) is 1.82. The smallest absolute Gasteiger partial charge is 0.303 e.